The van der Waals surface area contributed by atoms with Crippen molar-refractivity contribution in [1.29, 1.82) is 0 Å². The highest BCUT2D eigenvalue weighted by molar-refractivity contribution is 7.72. The Labute approximate surface area is 230 Å². The van der Waals surface area contributed by atoms with Crippen molar-refractivity contribution in [2.24, 2.45) is 0 Å². The van der Waals surface area contributed by atoms with Gasteiger partial charge in [0, 0.05) is 37.6 Å². The van der Waals surface area contributed by atoms with Crippen molar-refractivity contribution in [2.45, 2.75) is 23.9 Å². The lowest BCUT2D eigenvalue weighted by molar-refractivity contribution is -0.131. The van der Waals surface area contributed by atoms with Crippen LogP contribution in [0, 0.1) is 5.82 Å². The van der Waals surface area contributed by atoms with E-state index in [0.717, 1.165) is 5.56 Å². The zero-order chi connectivity index (χ0) is 28.4. The van der Waals surface area contributed by atoms with E-state index in [4.69, 9.17) is 10.5 Å². The van der Waals surface area contributed by atoms with Crippen LogP contribution < -0.4 is 16.4 Å². The monoisotopic (exact) mass is 563 g/mol. The number of hydrogen-bond donors (Lipinski definition) is 4. The second-order valence-corrected chi connectivity index (χ2v) is 10.4. The van der Waals surface area contributed by atoms with Gasteiger partial charge in [-0.25, -0.2) is 22.6 Å². The van der Waals surface area contributed by atoms with E-state index in [1.54, 1.807) is 24.3 Å². The zero-order valence-electron chi connectivity index (χ0n) is 21.4. The van der Waals surface area contributed by atoms with Crippen molar-refractivity contribution in [3.05, 3.63) is 89.4 Å². The van der Waals surface area contributed by atoms with E-state index in [2.05, 4.69) is 15.6 Å². The van der Waals surface area contributed by atoms with E-state index in [1.165, 1.54) is 42.4 Å². The molecule has 2 aliphatic heterocycles. The number of carbonyl (C=O) groups excluding carboxylic acids is 2. The summed E-state index contributed by atoms with van der Waals surface area (Å²) in [6.07, 6.45) is 1.23. The lowest BCUT2D eigenvalue weighted by Crippen LogP contribution is -2.35. The van der Waals surface area contributed by atoms with Crippen LogP contribution in [0.2, 0.25) is 0 Å². The maximum absolute atomic E-state index is 15.0. The number of pyridine rings is 1. The SMILES string of the molecule is CN1Cc2cc(ccc2[SH](=O)=O)NC(=O)OCCc2ccc(cc2)[C@@H](Nc2cc(F)c3c(N)nccc3c2)C1=O. The summed E-state index contributed by atoms with van der Waals surface area (Å²) in [5, 5.41) is 6.44. The second kappa shape index (κ2) is 11.2. The Bertz CT molecular complexity index is 1690. The van der Waals surface area contributed by atoms with Crippen molar-refractivity contribution in [3.8, 4) is 0 Å². The minimum Gasteiger partial charge on any atom is -0.449 e. The number of nitrogens with two attached hydrogens (primary N) is 1. The molecular weight excluding hydrogens is 537 g/mol. The molecule has 4 N–H and O–H groups in total. The molecule has 3 aromatic carbocycles. The molecule has 0 saturated carbocycles. The summed E-state index contributed by atoms with van der Waals surface area (Å²) in [7, 11) is -1.44. The molecule has 0 saturated heterocycles. The first-order chi connectivity index (χ1) is 19.2. The topological polar surface area (TPSA) is 144 Å². The molecule has 0 aliphatic carbocycles. The third-order valence-electron chi connectivity index (χ3n) is 6.65. The highest BCUT2D eigenvalue weighted by Crippen LogP contribution is 2.30. The molecule has 0 spiro atoms. The van der Waals surface area contributed by atoms with E-state index >= 15 is 4.39 Å². The molecule has 3 heterocycles. The van der Waals surface area contributed by atoms with E-state index < -0.39 is 28.7 Å². The van der Waals surface area contributed by atoms with Gasteiger partial charge in [0.1, 0.15) is 17.7 Å². The van der Waals surface area contributed by atoms with E-state index in [0.29, 0.717) is 34.3 Å². The predicted octanol–water partition coefficient (Wildman–Crippen LogP) is 3.84. The van der Waals surface area contributed by atoms with Crippen LogP contribution in [0.1, 0.15) is 22.7 Å². The quantitative estimate of drug-likeness (QED) is 0.275. The molecule has 0 unspecified atom stereocenters. The molecule has 206 valence electrons. The molecule has 0 fully saturated rings. The number of likely N-dealkylation sites (N-methyl/N-ethyl adjacent to an activating group) is 1. The van der Waals surface area contributed by atoms with Gasteiger partial charge in [-0.1, -0.05) is 24.3 Å². The summed E-state index contributed by atoms with van der Waals surface area (Å²) in [5.74, 6) is -0.912. The van der Waals surface area contributed by atoms with Crippen molar-refractivity contribution in [2.75, 3.05) is 30.0 Å². The largest absolute Gasteiger partial charge is 0.449 e. The second-order valence-electron chi connectivity index (χ2n) is 9.38. The van der Waals surface area contributed by atoms with Crippen LogP contribution in [-0.4, -0.2) is 44.0 Å². The van der Waals surface area contributed by atoms with Crippen LogP contribution in [0.5, 0.6) is 0 Å². The Morgan fingerprint density at radius 2 is 1.88 bits per heavy atom. The molecular formula is C28H26FN5O5S. The van der Waals surface area contributed by atoms with Crippen LogP contribution >= 0.6 is 0 Å². The fourth-order valence-electron chi connectivity index (χ4n) is 4.64. The van der Waals surface area contributed by atoms with Crippen molar-refractivity contribution in [3.63, 3.8) is 0 Å². The molecule has 0 radical (unpaired) electrons. The smallest absolute Gasteiger partial charge is 0.411 e. The van der Waals surface area contributed by atoms with Gasteiger partial charge in [-0.3, -0.25) is 10.1 Å². The van der Waals surface area contributed by atoms with Gasteiger partial charge in [0.25, 0.3) is 0 Å². The maximum Gasteiger partial charge on any atom is 0.411 e. The number of carbonyl (C=O) groups is 2. The number of nitrogens with zero attached hydrogens (tertiary/aromatic N) is 2. The van der Waals surface area contributed by atoms with Crippen molar-refractivity contribution in [1.82, 2.24) is 9.88 Å². The number of nitrogen functional groups attached to an aromatic ring is 1. The Balaban J connectivity index is 1.56. The Morgan fingerprint density at radius 1 is 1.10 bits per heavy atom. The molecule has 40 heavy (non-hydrogen) atoms. The Morgan fingerprint density at radius 3 is 2.62 bits per heavy atom. The zero-order valence-corrected chi connectivity index (χ0v) is 22.3. The Hall–Kier alpha value is -4.71. The molecule has 10 nitrogen and oxygen atoms in total. The number of ether oxygens (including phenoxy) is 1. The predicted molar refractivity (Wildman–Crippen MR) is 149 cm³/mol. The minimum atomic E-state index is -2.97. The standard InChI is InChI=1S/C28H26FN5O5S/c1-34-15-19-13-20(6-7-23(19)40(37)38)33-28(36)39-11-9-16-2-4-17(5-3-16)25(27(34)35)32-21-12-18-8-10-31-26(30)24(18)22(29)14-21/h2-8,10,12-14,25,32,40H,9,11,15H2,1H3,(H2,30,31)(H,33,36)/t25-/m1/s1. The molecule has 12 heteroatoms. The van der Waals surface area contributed by atoms with Crippen LogP contribution in [-0.2, 0) is 33.2 Å². The molecule has 6 rings (SSSR count). The van der Waals surface area contributed by atoms with Gasteiger partial charge < -0.3 is 20.7 Å². The van der Waals surface area contributed by atoms with Crippen LogP contribution in [0.25, 0.3) is 10.8 Å². The minimum absolute atomic E-state index is 0.0198. The Kier molecular flexibility index (Phi) is 7.52. The molecule has 1 aromatic heterocycles. The molecule has 1 atom stereocenters. The number of anilines is 3. The highest BCUT2D eigenvalue weighted by Gasteiger charge is 2.26. The van der Waals surface area contributed by atoms with Gasteiger partial charge >= 0.3 is 6.09 Å². The number of thiol groups is 1. The number of fused-ring (bicyclic) bond motifs is 10. The van der Waals surface area contributed by atoms with Gasteiger partial charge in [0.05, 0.1) is 16.9 Å². The summed E-state index contributed by atoms with van der Waals surface area (Å²) >= 11 is 0. The van der Waals surface area contributed by atoms with Crippen LogP contribution in [0.4, 0.5) is 26.4 Å². The summed E-state index contributed by atoms with van der Waals surface area (Å²) in [6, 6.07) is 15.1. The number of aromatic nitrogens is 1. The first-order valence-electron chi connectivity index (χ1n) is 12.3. The number of amides is 2. The molecule has 2 amide bonds. The van der Waals surface area contributed by atoms with E-state index in [1.807, 2.05) is 12.1 Å². The summed E-state index contributed by atoms with van der Waals surface area (Å²) < 4.78 is 44.2. The van der Waals surface area contributed by atoms with Crippen LogP contribution in [0.3, 0.4) is 0 Å². The van der Waals surface area contributed by atoms with Crippen LogP contribution in [0.15, 0.2) is 71.8 Å². The third-order valence-corrected chi connectivity index (χ3v) is 7.48. The number of benzene rings is 3. The number of rotatable bonds is 3. The maximum atomic E-state index is 15.0. The fraction of sp³-hybridized carbons (Fsp3) is 0.179. The average Bonchev–Trinajstić information content (AvgIpc) is 2.91. The number of halogens is 1. The van der Waals surface area contributed by atoms with Gasteiger partial charge in [-0.15, -0.1) is 0 Å². The van der Waals surface area contributed by atoms with Gasteiger partial charge in [0.2, 0.25) is 5.91 Å². The summed E-state index contributed by atoms with van der Waals surface area (Å²) in [5.41, 5.74) is 8.33. The first-order valence-corrected chi connectivity index (χ1v) is 13.5. The molecule has 4 bridgehead atoms. The normalized spacial score (nSPS) is 16.2. The first kappa shape index (κ1) is 26.9. The highest BCUT2D eigenvalue weighted by atomic mass is 32.2. The number of hydrogen-bond acceptors (Lipinski definition) is 8. The lowest BCUT2D eigenvalue weighted by atomic mass is 10.0. The van der Waals surface area contributed by atoms with Gasteiger partial charge in [-0.05, 0) is 58.5 Å². The van der Waals surface area contributed by atoms with E-state index in [-0.39, 0.29) is 35.2 Å². The molecule has 4 aromatic rings. The lowest BCUT2D eigenvalue weighted by Gasteiger charge is -2.27. The van der Waals surface area contributed by atoms with E-state index in [9.17, 15) is 18.0 Å². The van der Waals surface area contributed by atoms with Crippen molar-refractivity contribution < 1.29 is 27.1 Å². The molecule has 2 aliphatic rings. The summed E-state index contributed by atoms with van der Waals surface area (Å²) in [6.45, 7) is 0.0346. The average molecular weight is 564 g/mol. The number of nitrogens with one attached hydrogen (secondary N) is 2. The fourth-order valence-corrected chi connectivity index (χ4v) is 5.21. The summed E-state index contributed by atoms with van der Waals surface area (Å²) in [4.78, 5) is 31.4. The third kappa shape index (κ3) is 5.66. The van der Waals surface area contributed by atoms with Gasteiger partial charge in [-0.2, -0.15) is 0 Å². The van der Waals surface area contributed by atoms with Crippen molar-refractivity contribution >= 4 is 50.7 Å². The van der Waals surface area contributed by atoms with Gasteiger partial charge in [0.15, 0.2) is 10.7 Å².